The zero-order valence-electron chi connectivity index (χ0n) is 18.5. The van der Waals surface area contributed by atoms with Crippen LogP contribution in [0, 0.1) is 0 Å². The van der Waals surface area contributed by atoms with E-state index in [1.54, 1.807) is 11.8 Å². The lowest BCUT2D eigenvalue weighted by atomic mass is 9.96. The highest BCUT2D eigenvalue weighted by atomic mass is 35.5. The van der Waals surface area contributed by atoms with Crippen LogP contribution in [0.5, 0.6) is 0 Å². The number of carbonyl (C=O) groups excluding carboxylic acids is 1. The molecule has 144 valence electrons. The van der Waals surface area contributed by atoms with Crippen LogP contribution in [0.15, 0.2) is 30.5 Å². The van der Waals surface area contributed by atoms with Gasteiger partial charge in [-0.25, -0.2) is 4.98 Å². The summed E-state index contributed by atoms with van der Waals surface area (Å²) in [6, 6.07) is 7.14. The molecule has 1 unspecified atom stereocenters. The van der Waals surface area contributed by atoms with Crippen LogP contribution in [0.1, 0.15) is 33.1 Å². The molecule has 1 aliphatic rings. The molecule has 0 saturated carbocycles. The number of nitrogens with zero attached hydrogens (tertiary/aromatic N) is 5. The second kappa shape index (κ2) is 6.79. The van der Waals surface area contributed by atoms with Gasteiger partial charge in [0.15, 0.2) is 0 Å². The number of anilines is 3. The zero-order chi connectivity index (χ0) is 22.5. The SMILES string of the molecule is [2H]C([2H])([2H])NC(=O)c1cnc(Cl)cc1Nc1cccc2c1N(C)C(C)c1nn(C)nc1-2. The van der Waals surface area contributed by atoms with Gasteiger partial charge in [-0.2, -0.15) is 15.0 Å². The van der Waals surface area contributed by atoms with Crippen molar-refractivity contribution in [1.29, 1.82) is 0 Å². The van der Waals surface area contributed by atoms with E-state index >= 15 is 0 Å². The van der Waals surface area contributed by atoms with Crippen LogP contribution in [-0.2, 0) is 7.05 Å². The molecule has 3 aromatic rings. The fourth-order valence-electron chi connectivity index (χ4n) is 3.41. The summed E-state index contributed by atoms with van der Waals surface area (Å²) in [5, 5.41) is 14.4. The molecule has 9 heteroatoms. The lowest BCUT2D eigenvalue weighted by Gasteiger charge is -2.34. The summed E-state index contributed by atoms with van der Waals surface area (Å²) in [4.78, 5) is 20.1. The Labute approximate surface area is 171 Å². The molecular formula is C19H20ClN7O. The van der Waals surface area contributed by atoms with Gasteiger partial charge < -0.3 is 15.5 Å². The van der Waals surface area contributed by atoms with Gasteiger partial charge in [-0.05, 0) is 19.1 Å². The molecule has 4 rings (SSSR count). The van der Waals surface area contributed by atoms with Crippen molar-refractivity contribution in [3.05, 3.63) is 46.9 Å². The van der Waals surface area contributed by atoms with Crippen LogP contribution in [0.4, 0.5) is 17.1 Å². The van der Waals surface area contributed by atoms with E-state index in [1.165, 1.54) is 12.3 Å². The summed E-state index contributed by atoms with van der Waals surface area (Å²) in [6.07, 6.45) is 1.24. The fraction of sp³-hybridized carbons (Fsp3) is 0.263. The maximum Gasteiger partial charge on any atom is 0.254 e. The number of pyridine rings is 1. The van der Waals surface area contributed by atoms with Gasteiger partial charge in [-0.15, -0.1) is 0 Å². The topological polar surface area (TPSA) is 88.0 Å². The average Bonchev–Trinajstić information content (AvgIpc) is 3.07. The first-order valence-electron chi connectivity index (χ1n) is 10.1. The number of benzene rings is 1. The molecule has 2 aromatic heterocycles. The molecule has 0 fully saturated rings. The Morgan fingerprint density at radius 2 is 2.11 bits per heavy atom. The maximum absolute atomic E-state index is 12.5. The minimum Gasteiger partial charge on any atom is -0.364 e. The monoisotopic (exact) mass is 400 g/mol. The highest BCUT2D eigenvalue weighted by molar-refractivity contribution is 6.29. The highest BCUT2D eigenvalue weighted by Crippen LogP contribution is 2.46. The quantitative estimate of drug-likeness (QED) is 0.656. The van der Waals surface area contributed by atoms with Crippen molar-refractivity contribution in [2.24, 2.45) is 7.05 Å². The first kappa shape index (κ1) is 14.9. The van der Waals surface area contributed by atoms with E-state index in [0.717, 1.165) is 22.6 Å². The third-order valence-corrected chi connectivity index (χ3v) is 5.07. The predicted molar refractivity (Wildman–Crippen MR) is 109 cm³/mol. The lowest BCUT2D eigenvalue weighted by molar-refractivity contribution is 0.0963. The molecule has 3 heterocycles. The normalized spacial score (nSPS) is 17.1. The van der Waals surface area contributed by atoms with E-state index in [0.29, 0.717) is 11.4 Å². The van der Waals surface area contributed by atoms with Gasteiger partial charge >= 0.3 is 0 Å². The minimum absolute atomic E-state index is 0.0292. The van der Waals surface area contributed by atoms with E-state index in [2.05, 4.69) is 25.4 Å². The molecule has 0 saturated heterocycles. The van der Waals surface area contributed by atoms with Crippen molar-refractivity contribution in [1.82, 2.24) is 25.3 Å². The number of aryl methyl sites for hydroxylation is 1. The van der Waals surface area contributed by atoms with E-state index in [9.17, 15) is 4.79 Å². The van der Waals surface area contributed by atoms with Gasteiger partial charge in [-0.1, -0.05) is 23.7 Å². The van der Waals surface area contributed by atoms with Gasteiger partial charge in [0.2, 0.25) is 0 Å². The molecule has 1 atom stereocenters. The number of hydrogen-bond donors (Lipinski definition) is 2. The largest absolute Gasteiger partial charge is 0.364 e. The molecule has 0 radical (unpaired) electrons. The number of rotatable bonds is 3. The van der Waals surface area contributed by atoms with Crippen LogP contribution in [-0.4, -0.2) is 39.9 Å². The van der Waals surface area contributed by atoms with Gasteiger partial charge in [0.1, 0.15) is 16.5 Å². The molecule has 28 heavy (non-hydrogen) atoms. The molecule has 2 N–H and O–H groups in total. The van der Waals surface area contributed by atoms with Crippen LogP contribution in [0.25, 0.3) is 11.3 Å². The molecule has 0 bridgehead atoms. The standard InChI is InChI=1S/C19H20ClN7O/c1-10-16-17(25-27(4)24-16)11-6-5-7-13(18(11)26(10)3)23-14-8-15(20)22-9-12(14)19(28)21-2/h5-10H,1-4H3,(H,21,28)(H,22,23)/i2D3. The Morgan fingerprint density at radius 3 is 2.89 bits per heavy atom. The molecule has 0 aliphatic carbocycles. The van der Waals surface area contributed by atoms with Crippen molar-refractivity contribution in [2.45, 2.75) is 13.0 Å². The number of aromatic nitrogens is 4. The Kier molecular flexibility index (Phi) is 3.61. The average molecular weight is 401 g/mol. The number of amides is 1. The summed E-state index contributed by atoms with van der Waals surface area (Å²) in [5.74, 6) is -0.783. The Balaban J connectivity index is 1.80. The molecular weight excluding hydrogens is 378 g/mol. The van der Waals surface area contributed by atoms with E-state index in [-0.39, 0.29) is 16.8 Å². The molecule has 1 aliphatic heterocycles. The predicted octanol–water partition coefficient (Wildman–Crippen LogP) is 3.14. The third kappa shape index (κ3) is 2.86. The summed E-state index contributed by atoms with van der Waals surface area (Å²) >= 11 is 6.06. The first-order valence-corrected chi connectivity index (χ1v) is 8.95. The van der Waals surface area contributed by atoms with Gasteiger partial charge in [0.25, 0.3) is 5.91 Å². The molecule has 1 amide bonds. The van der Waals surface area contributed by atoms with Gasteiger partial charge in [0.05, 0.1) is 28.7 Å². The van der Waals surface area contributed by atoms with E-state index in [4.69, 9.17) is 15.7 Å². The Morgan fingerprint density at radius 1 is 1.29 bits per heavy atom. The van der Waals surface area contributed by atoms with Crippen LogP contribution < -0.4 is 15.5 Å². The number of carbonyl (C=O) groups is 1. The van der Waals surface area contributed by atoms with Crippen molar-refractivity contribution in [3.8, 4) is 11.3 Å². The van der Waals surface area contributed by atoms with Gasteiger partial charge in [-0.3, -0.25) is 4.79 Å². The summed E-state index contributed by atoms with van der Waals surface area (Å²) in [6.45, 7) is -0.594. The first-order chi connectivity index (χ1) is 14.5. The van der Waals surface area contributed by atoms with Crippen molar-refractivity contribution < 1.29 is 8.91 Å². The van der Waals surface area contributed by atoms with E-state index in [1.807, 2.05) is 37.5 Å². The van der Waals surface area contributed by atoms with Gasteiger partial charge in [0, 0.05) is 36.9 Å². The highest BCUT2D eigenvalue weighted by Gasteiger charge is 2.32. The third-order valence-electron chi connectivity index (χ3n) is 4.86. The second-order valence-corrected chi connectivity index (χ2v) is 6.93. The number of hydrogen-bond acceptors (Lipinski definition) is 6. The Hall–Kier alpha value is -3.13. The van der Waals surface area contributed by atoms with Crippen LogP contribution in [0.2, 0.25) is 5.15 Å². The Bertz CT molecular complexity index is 1180. The maximum atomic E-state index is 12.5. The van der Waals surface area contributed by atoms with Crippen LogP contribution >= 0.6 is 11.6 Å². The fourth-order valence-corrected chi connectivity index (χ4v) is 3.57. The second-order valence-electron chi connectivity index (χ2n) is 6.54. The molecule has 0 spiro atoms. The smallest absolute Gasteiger partial charge is 0.254 e. The summed E-state index contributed by atoms with van der Waals surface area (Å²) in [7, 11) is 3.73. The summed E-state index contributed by atoms with van der Waals surface area (Å²) < 4.78 is 21.9. The van der Waals surface area contributed by atoms with Crippen molar-refractivity contribution >= 4 is 34.6 Å². The zero-order valence-corrected chi connectivity index (χ0v) is 16.2. The number of nitrogens with one attached hydrogen (secondary N) is 2. The number of fused-ring (bicyclic) bond motifs is 3. The van der Waals surface area contributed by atoms with Crippen molar-refractivity contribution in [2.75, 3.05) is 24.2 Å². The van der Waals surface area contributed by atoms with Crippen LogP contribution in [0.3, 0.4) is 0 Å². The molecule has 1 aromatic carbocycles. The van der Waals surface area contributed by atoms with Crippen molar-refractivity contribution in [3.63, 3.8) is 0 Å². The van der Waals surface area contributed by atoms with E-state index < -0.39 is 12.9 Å². The summed E-state index contributed by atoms with van der Waals surface area (Å²) in [5.41, 5.74) is 4.53. The number of para-hydroxylation sites is 1. The lowest BCUT2D eigenvalue weighted by Crippen LogP contribution is -2.27. The molecule has 8 nitrogen and oxygen atoms in total. The number of halogens is 1. The minimum atomic E-state index is -2.63.